The van der Waals surface area contributed by atoms with Crippen molar-refractivity contribution in [1.82, 2.24) is 14.7 Å². The predicted octanol–water partition coefficient (Wildman–Crippen LogP) is 5.77. The van der Waals surface area contributed by atoms with E-state index in [1.165, 1.54) is 17.0 Å². The van der Waals surface area contributed by atoms with Gasteiger partial charge in [-0.25, -0.2) is 13.9 Å². The zero-order valence-corrected chi connectivity index (χ0v) is 24.4. The fraction of sp³-hybridized carbons (Fsp3) is 0.517. The minimum Gasteiger partial charge on any atom is -0.497 e. The number of amides is 1. The lowest BCUT2D eigenvalue weighted by atomic mass is 9.73. The smallest absolute Gasteiger partial charge is 0.407 e. The highest BCUT2D eigenvalue weighted by atomic mass is 28.3. The number of halogens is 1. The Kier molecular flexibility index (Phi) is 9.30. The molecule has 212 valence electrons. The van der Waals surface area contributed by atoms with Crippen LogP contribution in [0.25, 0.3) is 10.9 Å². The van der Waals surface area contributed by atoms with E-state index < -0.39 is 14.2 Å². The van der Waals surface area contributed by atoms with Crippen molar-refractivity contribution >= 4 is 25.1 Å². The number of fused-ring (bicyclic) bond motifs is 1. The first kappa shape index (κ1) is 29.0. The van der Waals surface area contributed by atoms with Gasteiger partial charge < -0.3 is 24.2 Å². The summed E-state index contributed by atoms with van der Waals surface area (Å²) in [5.41, 5.74) is 2.54. The van der Waals surface area contributed by atoms with Crippen LogP contribution in [0.4, 0.5) is 9.18 Å². The van der Waals surface area contributed by atoms with Crippen LogP contribution in [0.3, 0.4) is 0 Å². The molecule has 0 radical (unpaired) electrons. The van der Waals surface area contributed by atoms with E-state index in [0.29, 0.717) is 52.3 Å². The van der Waals surface area contributed by atoms with Crippen LogP contribution in [0.2, 0.25) is 25.7 Å². The summed E-state index contributed by atoms with van der Waals surface area (Å²) >= 11 is 0. The summed E-state index contributed by atoms with van der Waals surface area (Å²) in [6.45, 7) is 9.87. The first-order chi connectivity index (χ1) is 18.6. The third-order valence-corrected chi connectivity index (χ3v) is 9.21. The Bertz CT molecular complexity index is 1250. The highest BCUT2D eigenvalue weighted by Crippen LogP contribution is 2.36. The number of carboxylic acid groups (broad SMARTS) is 1. The predicted molar refractivity (Wildman–Crippen MR) is 152 cm³/mol. The summed E-state index contributed by atoms with van der Waals surface area (Å²) < 4.78 is 33.1. The molecule has 0 aliphatic carbocycles. The van der Waals surface area contributed by atoms with Crippen molar-refractivity contribution < 1.29 is 28.5 Å². The van der Waals surface area contributed by atoms with E-state index in [-0.39, 0.29) is 11.2 Å². The molecule has 0 atom stereocenters. The number of nitrogens with zero attached hydrogens (tertiary/aromatic N) is 3. The number of likely N-dealkylation sites (tertiary alicyclic amines) is 1. The molecule has 0 spiro atoms. The second kappa shape index (κ2) is 12.5. The van der Waals surface area contributed by atoms with E-state index in [4.69, 9.17) is 19.3 Å². The first-order valence-electron chi connectivity index (χ1n) is 13.5. The third kappa shape index (κ3) is 7.58. The van der Waals surface area contributed by atoms with E-state index in [0.717, 1.165) is 40.4 Å². The molecule has 1 aliphatic heterocycles. The summed E-state index contributed by atoms with van der Waals surface area (Å²) in [7, 11) is 0.506. The Morgan fingerprint density at radius 2 is 1.82 bits per heavy atom. The number of methoxy groups -OCH3 is 1. The quantitative estimate of drug-likeness (QED) is 0.225. The second-order valence-electron chi connectivity index (χ2n) is 11.6. The zero-order chi connectivity index (χ0) is 28.0. The maximum atomic E-state index is 13.6. The lowest BCUT2D eigenvalue weighted by molar-refractivity contribution is 0.0460. The van der Waals surface area contributed by atoms with Crippen molar-refractivity contribution in [3.05, 3.63) is 59.5 Å². The molecule has 39 heavy (non-hydrogen) atoms. The van der Waals surface area contributed by atoms with Gasteiger partial charge in [0.2, 0.25) is 0 Å². The van der Waals surface area contributed by atoms with E-state index in [1.54, 1.807) is 19.2 Å². The van der Waals surface area contributed by atoms with Crippen LogP contribution in [0, 0.1) is 5.82 Å². The average molecular weight is 558 g/mol. The van der Waals surface area contributed by atoms with Gasteiger partial charge in [0.1, 0.15) is 18.3 Å². The molecule has 0 unspecified atom stereocenters. The standard InChI is InChI=1S/C29H40FN3O5Si/c1-36-26-17-22(27-23(18-26)19-33(31-27)21-38-15-16-39(2,3)4)9-14-37-20-29(24-5-7-25(30)8-6-24)10-12-32(13-11-29)28(34)35/h5-8,17-19H,9-16,20-21H2,1-4H3,(H,34,35). The molecule has 1 N–H and O–H groups in total. The molecule has 1 aliphatic rings. The van der Waals surface area contributed by atoms with Crippen LogP contribution < -0.4 is 4.74 Å². The molecule has 1 fully saturated rings. The van der Waals surface area contributed by atoms with Gasteiger partial charge >= 0.3 is 6.09 Å². The summed E-state index contributed by atoms with van der Waals surface area (Å²) in [6.07, 6.45) is 2.96. The normalized spacial score (nSPS) is 15.6. The molecule has 4 rings (SSSR count). The largest absolute Gasteiger partial charge is 0.497 e. The van der Waals surface area contributed by atoms with Crippen molar-refractivity contribution in [2.24, 2.45) is 0 Å². The molecule has 0 saturated carbocycles. The molecule has 2 heterocycles. The van der Waals surface area contributed by atoms with Gasteiger partial charge in [-0.2, -0.15) is 5.10 Å². The van der Waals surface area contributed by atoms with Crippen molar-refractivity contribution in [1.29, 1.82) is 0 Å². The summed E-state index contributed by atoms with van der Waals surface area (Å²) in [4.78, 5) is 12.9. The van der Waals surface area contributed by atoms with E-state index in [9.17, 15) is 14.3 Å². The molecular weight excluding hydrogens is 517 g/mol. The minimum atomic E-state index is -1.15. The molecule has 0 bridgehead atoms. The molecule has 1 aromatic heterocycles. The van der Waals surface area contributed by atoms with Gasteiger partial charge in [-0.1, -0.05) is 31.8 Å². The fourth-order valence-electron chi connectivity index (χ4n) is 5.03. The number of hydrogen-bond acceptors (Lipinski definition) is 5. The maximum absolute atomic E-state index is 13.6. The number of carbonyl (C=O) groups is 1. The first-order valence-corrected chi connectivity index (χ1v) is 17.2. The molecule has 1 saturated heterocycles. The SMILES string of the molecule is COc1cc(CCOCC2(c3ccc(F)cc3)CCN(C(=O)O)CC2)c2nn(COCC[Si](C)(C)C)cc2c1. The van der Waals surface area contributed by atoms with Crippen LogP contribution in [-0.2, 0) is 28.0 Å². The number of piperidine rings is 1. The van der Waals surface area contributed by atoms with Gasteiger partial charge in [-0.3, -0.25) is 0 Å². The fourth-order valence-corrected chi connectivity index (χ4v) is 5.79. The Labute approximate surface area is 230 Å². The Morgan fingerprint density at radius 3 is 2.46 bits per heavy atom. The van der Waals surface area contributed by atoms with Gasteiger partial charge in [0.05, 0.1) is 25.8 Å². The van der Waals surface area contributed by atoms with Gasteiger partial charge in [0.15, 0.2) is 0 Å². The van der Waals surface area contributed by atoms with E-state index >= 15 is 0 Å². The molecule has 3 aromatic rings. The second-order valence-corrected chi connectivity index (χ2v) is 17.2. The number of benzene rings is 2. The van der Waals surface area contributed by atoms with Gasteiger partial charge in [-0.05, 0) is 60.7 Å². The average Bonchev–Trinajstić information content (AvgIpc) is 3.32. The Hall–Kier alpha value is -2.95. The van der Waals surface area contributed by atoms with Crippen molar-refractivity contribution in [3.63, 3.8) is 0 Å². The number of hydrogen-bond donors (Lipinski definition) is 1. The zero-order valence-electron chi connectivity index (χ0n) is 23.4. The van der Waals surface area contributed by atoms with Crippen molar-refractivity contribution in [2.75, 3.05) is 40.0 Å². The van der Waals surface area contributed by atoms with E-state index in [1.807, 2.05) is 23.0 Å². The number of rotatable bonds is 12. The Balaban J connectivity index is 1.42. The summed E-state index contributed by atoms with van der Waals surface area (Å²) in [5.74, 6) is 0.473. The lowest BCUT2D eigenvalue weighted by Crippen LogP contribution is -2.47. The Morgan fingerprint density at radius 1 is 1.10 bits per heavy atom. The van der Waals surface area contributed by atoms with Gasteiger partial charge in [0, 0.05) is 44.8 Å². The van der Waals surface area contributed by atoms with Crippen molar-refractivity contribution in [2.45, 2.75) is 57.1 Å². The number of ether oxygens (including phenoxy) is 3. The monoisotopic (exact) mass is 557 g/mol. The van der Waals surface area contributed by atoms with Gasteiger partial charge in [0.25, 0.3) is 0 Å². The number of aromatic nitrogens is 2. The minimum absolute atomic E-state index is 0.291. The highest BCUT2D eigenvalue weighted by molar-refractivity contribution is 6.76. The summed E-state index contributed by atoms with van der Waals surface area (Å²) in [5, 5.41) is 15.2. The van der Waals surface area contributed by atoms with Crippen LogP contribution in [0.5, 0.6) is 5.75 Å². The molecule has 10 heteroatoms. The van der Waals surface area contributed by atoms with Gasteiger partial charge in [-0.15, -0.1) is 0 Å². The van der Waals surface area contributed by atoms with Crippen molar-refractivity contribution in [3.8, 4) is 5.75 Å². The topological polar surface area (TPSA) is 86.0 Å². The maximum Gasteiger partial charge on any atom is 0.407 e. The molecule has 8 nitrogen and oxygen atoms in total. The molecule has 2 aromatic carbocycles. The molecular formula is C29H40FN3O5Si. The molecule has 1 amide bonds. The lowest BCUT2D eigenvalue weighted by Gasteiger charge is -2.41. The van der Waals surface area contributed by atoms with Crippen LogP contribution in [0.15, 0.2) is 42.6 Å². The van der Waals surface area contributed by atoms with E-state index in [2.05, 4.69) is 19.6 Å². The van der Waals surface area contributed by atoms with Crippen LogP contribution in [0.1, 0.15) is 24.0 Å². The van der Waals surface area contributed by atoms with Crippen LogP contribution >= 0.6 is 0 Å². The third-order valence-electron chi connectivity index (χ3n) is 7.51. The van der Waals surface area contributed by atoms with Crippen LogP contribution in [-0.4, -0.2) is 74.0 Å². The highest BCUT2D eigenvalue weighted by Gasteiger charge is 2.38. The summed E-state index contributed by atoms with van der Waals surface area (Å²) in [6, 6.07) is 11.6.